The fourth-order valence-corrected chi connectivity index (χ4v) is 1.96. The van der Waals surface area contributed by atoms with Crippen molar-refractivity contribution in [1.82, 2.24) is 0 Å². The summed E-state index contributed by atoms with van der Waals surface area (Å²) >= 11 is 0. The minimum atomic E-state index is -0.325. The first-order chi connectivity index (χ1) is 7.19. The molecule has 1 rings (SSSR count). The number of methoxy groups -OCH3 is 1. The molecular formula is C12H22O3. The van der Waals surface area contributed by atoms with Crippen LogP contribution in [0.15, 0.2) is 0 Å². The van der Waals surface area contributed by atoms with Crippen molar-refractivity contribution in [2.75, 3.05) is 7.11 Å². The van der Waals surface area contributed by atoms with Gasteiger partial charge < -0.3 is 9.47 Å². The van der Waals surface area contributed by atoms with Crippen LogP contribution in [0.5, 0.6) is 0 Å². The maximum atomic E-state index is 11.6. The largest absolute Gasteiger partial charge is 0.435 e. The first kappa shape index (κ1) is 12.5. The van der Waals surface area contributed by atoms with Crippen molar-refractivity contribution < 1.29 is 14.3 Å². The quantitative estimate of drug-likeness (QED) is 0.521. The molecule has 2 unspecified atom stereocenters. The van der Waals surface area contributed by atoms with Gasteiger partial charge in [-0.3, -0.25) is 4.79 Å². The number of carbonyl (C=O) groups excluding carboxylic acids is 1. The third-order valence-corrected chi connectivity index (χ3v) is 3.26. The molecule has 0 aromatic heterocycles. The number of carbonyl (C=O) groups is 1. The summed E-state index contributed by atoms with van der Waals surface area (Å²) in [6.45, 7) is 3.88. The molecule has 1 saturated carbocycles. The molecular weight excluding hydrogens is 192 g/mol. The number of ether oxygens (including phenoxy) is 2. The van der Waals surface area contributed by atoms with E-state index in [0.717, 1.165) is 19.3 Å². The Hall–Kier alpha value is -0.570. The van der Waals surface area contributed by atoms with E-state index in [1.54, 1.807) is 7.11 Å². The fraction of sp³-hybridized carbons (Fsp3) is 0.917. The summed E-state index contributed by atoms with van der Waals surface area (Å²) in [7, 11) is 1.62. The van der Waals surface area contributed by atoms with Crippen molar-refractivity contribution in [3.05, 3.63) is 0 Å². The molecule has 0 radical (unpaired) electrons. The molecule has 0 N–H and O–H groups in total. The molecule has 0 amide bonds. The Labute approximate surface area is 92.1 Å². The van der Waals surface area contributed by atoms with Gasteiger partial charge in [-0.1, -0.05) is 26.7 Å². The van der Waals surface area contributed by atoms with Gasteiger partial charge in [0.25, 0.3) is 0 Å². The van der Waals surface area contributed by atoms with E-state index in [0.29, 0.717) is 5.92 Å². The second-order valence-corrected chi connectivity index (χ2v) is 4.39. The smallest absolute Gasteiger partial charge is 0.310 e. The van der Waals surface area contributed by atoms with Crippen molar-refractivity contribution in [3.8, 4) is 0 Å². The van der Waals surface area contributed by atoms with Crippen molar-refractivity contribution in [2.24, 2.45) is 11.8 Å². The minimum Gasteiger partial charge on any atom is -0.435 e. The Morgan fingerprint density at radius 1 is 1.40 bits per heavy atom. The summed E-state index contributed by atoms with van der Waals surface area (Å²) in [6.07, 6.45) is 5.18. The van der Waals surface area contributed by atoms with Crippen LogP contribution < -0.4 is 0 Å². The normalized spacial score (nSPS) is 21.3. The van der Waals surface area contributed by atoms with Crippen molar-refractivity contribution in [1.29, 1.82) is 0 Å². The number of rotatable bonds is 5. The summed E-state index contributed by atoms with van der Waals surface area (Å²) in [5.41, 5.74) is 0. The van der Waals surface area contributed by atoms with Gasteiger partial charge in [0.15, 0.2) is 0 Å². The lowest BCUT2D eigenvalue weighted by Crippen LogP contribution is -2.29. The highest BCUT2D eigenvalue weighted by Gasteiger charge is 2.29. The average molecular weight is 214 g/mol. The topological polar surface area (TPSA) is 35.5 Å². The molecule has 0 spiro atoms. The monoisotopic (exact) mass is 214 g/mol. The zero-order valence-electron chi connectivity index (χ0n) is 9.99. The van der Waals surface area contributed by atoms with E-state index in [1.807, 2.05) is 13.8 Å². The van der Waals surface area contributed by atoms with Gasteiger partial charge in [-0.2, -0.15) is 0 Å². The Morgan fingerprint density at radius 3 is 2.47 bits per heavy atom. The van der Waals surface area contributed by atoms with Gasteiger partial charge in [-0.15, -0.1) is 0 Å². The van der Waals surface area contributed by atoms with Crippen molar-refractivity contribution >= 4 is 5.97 Å². The van der Waals surface area contributed by atoms with Gasteiger partial charge in [-0.05, 0) is 19.3 Å². The highest BCUT2D eigenvalue weighted by molar-refractivity contribution is 5.72. The lowest BCUT2D eigenvalue weighted by molar-refractivity contribution is -0.188. The molecule has 0 saturated heterocycles. The summed E-state index contributed by atoms with van der Waals surface area (Å²) in [6, 6.07) is 0. The van der Waals surface area contributed by atoms with E-state index in [2.05, 4.69) is 0 Å². The number of hydrogen-bond donors (Lipinski definition) is 0. The Bertz CT molecular complexity index is 197. The van der Waals surface area contributed by atoms with Crippen LogP contribution in [0.25, 0.3) is 0 Å². The number of esters is 1. The van der Waals surface area contributed by atoms with Crippen LogP contribution >= 0.6 is 0 Å². The summed E-state index contributed by atoms with van der Waals surface area (Å²) in [5, 5.41) is 0. The highest BCUT2D eigenvalue weighted by Crippen LogP contribution is 2.30. The number of hydrogen-bond acceptors (Lipinski definition) is 3. The minimum absolute atomic E-state index is 0.0240. The van der Waals surface area contributed by atoms with Crippen LogP contribution in [0, 0.1) is 11.8 Å². The average Bonchev–Trinajstić information content (AvgIpc) is 2.77. The van der Waals surface area contributed by atoms with Crippen LogP contribution in [0.1, 0.15) is 46.0 Å². The molecule has 15 heavy (non-hydrogen) atoms. The second kappa shape index (κ2) is 6.11. The van der Waals surface area contributed by atoms with Crippen molar-refractivity contribution in [3.63, 3.8) is 0 Å². The first-order valence-electron chi connectivity index (χ1n) is 5.92. The van der Waals surface area contributed by atoms with Crippen LogP contribution in [0.2, 0.25) is 0 Å². The Morgan fingerprint density at radius 2 is 2.00 bits per heavy atom. The summed E-state index contributed by atoms with van der Waals surface area (Å²) in [5.74, 6) is 0.253. The van der Waals surface area contributed by atoms with Gasteiger partial charge in [0.2, 0.25) is 6.29 Å². The second-order valence-electron chi connectivity index (χ2n) is 4.39. The zero-order chi connectivity index (χ0) is 11.3. The molecule has 88 valence electrons. The van der Waals surface area contributed by atoms with Crippen LogP contribution in [-0.4, -0.2) is 19.4 Å². The molecule has 0 heterocycles. The van der Waals surface area contributed by atoms with Crippen LogP contribution in [0.3, 0.4) is 0 Å². The molecule has 3 heteroatoms. The third-order valence-electron chi connectivity index (χ3n) is 3.26. The first-order valence-corrected chi connectivity index (χ1v) is 5.92. The van der Waals surface area contributed by atoms with Gasteiger partial charge in [-0.25, -0.2) is 0 Å². The summed E-state index contributed by atoms with van der Waals surface area (Å²) in [4.78, 5) is 11.6. The standard InChI is InChI=1S/C12H22O3/c1-4-9(2)11(13)15-12(14-3)10-7-5-6-8-10/h9-10,12H,4-8H2,1-3H3. The zero-order valence-corrected chi connectivity index (χ0v) is 9.99. The van der Waals surface area contributed by atoms with Gasteiger partial charge >= 0.3 is 5.97 Å². The van der Waals surface area contributed by atoms with E-state index in [9.17, 15) is 4.79 Å². The molecule has 0 aromatic carbocycles. The SMILES string of the molecule is CCC(C)C(=O)OC(OC)C1CCCC1. The van der Waals surface area contributed by atoms with Gasteiger partial charge in [0.1, 0.15) is 0 Å². The third kappa shape index (κ3) is 3.49. The lowest BCUT2D eigenvalue weighted by Gasteiger charge is -2.23. The van der Waals surface area contributed by atoms with Crippen LogP contribution in [-0.2, 0) is 14.3 Å². The molecule has 0 bridgehead atoms. The van der Waals surface area contributed by atoms with E-state index in [-0.39, 0.29) is 18.2 Å². The van der Waals surface area contributed by atoms with E-state index >= 15 is 0 Å². The highest BCUT2D eigenvalue weighted by atomic mass is 16.7. The van der Waals surface area contributed by atoms with Gasteiger partial charge in [0, 0.05) is 13.0 Å². The molecule has 0 aliphatic heterocycles. The molecule has 1 fully saturated rings. The fourth-order valence-electron chi connectivity index (χ4n) is 1.96. The lowest BCUT2D eigenvalue weighted by atomic mass is 10.1. The van der Waals surface area contributed by atoms with Crippen LogP contribution in [0.4, 0.5) is 0 Å². The predicted octanol–water partition coefficient (Wildman–Crippen LogP) is 2.74. The maximum Gasteiger partial charge on any atom is 0.310 e. The predicted molar refractivity (Wildman–Crippen MR) is 58.3 cm³/mol. The Kier molecular flexibility index (Phi) is 5.09. The van der Waals surface area contributed by atoms with Crippen molar-refractivity contribution in [2.45, 2.75) is 52.2 Å². The molecule has 1 aliphatic carbocycles. The van der Waals surface area contributed by atoms with E-state index in [4.69, 9.17) is 9.47 Å². The van der Waals surface area contributed by atoms with E-state index < -0.39 is 0 Å². The molecule has 1 aliphatic rings. The Balaban J connectivity index is 2.41. The maximum absolute atomic E-state index is 11.6. The molecule has 3 nitrogen and oxygen atoms in total. The van der Waals surface area contributed by atoms with E-state index in [1.165, 1.54) is 12.8 Å². The molecule has 2 atom stereocenters. The molecule has 0 aromatic rings. The van der Waals surface area contributed by atoms with Gasteiger partial charge in [0.05, 0.1) is 5.92 Å². The summed E-state index contributed by atoms with van der Waals surface area (Å²) < 4.78 is 10.6.